The maximum atomic E-state index is 6.31. The third-order valence-corrected chi connectivity index (χ3v) is 6.31. The molecule has 6 heteroatoms. The Morgan fingerprint density at radius 1 is 1.17 bits per heavy atom. The first-order valence-corrected chi connectivity index (χ1v) is 10.9. The second kappa shape index (κ2) is 9.20. The van der Waals surface area contributed by atoms with E-state index in [1.54, 1.807) is 7.11 Å². The normalized spacial score (nSPS) is 20.1. The summed E-state index contributed by atoms with van der Waals surface area (Å²) in [5, 5.41) is 0. The van der Waals surface area contributed by atoms with Gasteiger partial charge in [0.2, 0.25) is 5.88 Å². The van der Waals surface area contributed by atoms with Crippen molar-refractivity contribution in [2.75, 3.05) is 20.2 Å². The largest absolute Gasteiger partial charge is 0.481 e. The fourth-order valence-electron chi connectivity index (χ4n) is 4.17. The summed E-state index contributed by atoms with van der Waals surface area (Å²) in [4.78, 5) is 11.7. The Labute approximate surface area is 180 Å². The van der Waals surface area contributed by atoms with Crippen molar-refractivity contribution in [2.45, 2.75) is 37.8 Å². The maximum Gasteiger partial charge on any atom is 0.213 e. The lowest BCUT2D eigenvalue weighted by atomic mass is 9.92. The summed E-state index contributed by atoms with van der Waals surface area (Å²) in [6, 6.07) is 15.3. The molecular weight excluding hydrogens is 428 g/mol. The number of piperidine rings is 1. The monoisotopic (exact) mass is 454 g/mol. The number of aromatic nitrogens is 2. The third-order valence-electron chi connectivity index (χ3n) is 5.78. The van der Waals surface area contributed by atoms with Crippen LogP contribution in [0.2, 0.25) is 0 Å². The number of methoxy groups -OCH3 is 1. The van der Waals surface area contributed by atoms with Crippen LogP contribution in [-0.4, -0.2) is 47.2 Å². The lowest BCUT2D eigenvalue weighted by molar-refractivity contribution is 0.136. The van der Waals surface area contributed by atoms with Gasteiger partial charge in [0.25, 0.3) is 0 Å². The lowest BCUT2D eigenvalue weighted by Crippen LogP contribution is -2.48. The minimum atomic E-state index is 0.291. The van der Waals surface area contributed by atoms with Crippen molar-refractivity contribution in [3.8, 4) is 5.88 Å². The number of fused-ring (bicyclic) bond motifs is 1. The SMILES string of the molecule is COc1ccc2nccc(CCN3CCC(N)CC3Cc3ccc(Br)cc3)c2n1. The van der Waals surface area contributed by atoms with Crippen LogP contribution >= 0.6 is 15.9 Å². The molecule has 2 unspecified atom stereocenters. The van der Waals surface area contributed by atoms with E-state index in [2.05, 4.69) is 61.1 Å². The molecule has 29 heavy (non-hydrogen) atoms. The quantitative estimate of drug-likeness (QED) is 0.609. The molecule has 1 aliphatic heterocycles. The molecule has 2 N–H and O–H groups in total. The number of hydrogen-bond acceptors (Lipinski definition) is 5. The minimum Gasteiger partial charge on any atom is -0.481 e. The highest BCUT2D eigenvalue weighted by molar-refractivity contribution is 9.10. The lowest BCUT2D eigenvalue weighted by Gasteiger charge is -2.38. The van der Waals surface area contributed by atoms with Crippen LogP contribution in [0.15, 0.2) is 53.1 Å². The Kier molecular flexibility index (Phi) is 6.43. The molecule has 0 spiro atoms. The van der Waals surface area contributed by atoms with E-state index in [0.29, 0.717) is 18.0 Å². The molecule has 4 rings (SSSR count). The van der Waals surface area contributed by atoms with Crippen LogP contribution in [0.4, 0.5) is 0 Å². The summed E-state index contributed by atoms with van der Waals surface area (Å²) < 4.78 is 6.43. The molecular formula is C23H27BrN4O. The molecule has 152 valence electrons. The van der Waals surface area contributed by atoms with Crippen LogP contribution in [0.1, 0.15) is 24.0 Å². The molecule has 1 fully saturated rings. The fourth-order valence-corrected chi connectivity index (χ4v) is 4.43. The first-order chi connectivity index (χ1) is 14.1. The van der Waals surface area contributed by atoms with Crippen molar-refractivity contribution in [1.82, 2.24) is 14.9 Å². The molecule has 1 aliphatic rings. The van der Waals surface area contributed by atoms with Gasteiger partial charge in [0.05, 0.1) is 18.1 Å². The summed E-state index contributed by atoms with van der Waals surface area (Å²) in [7, 11) is 1.65. The van der Waals surface area contributed by atoms with E-state index in [1.807, 2.05) is 18.3 Å². The standard InChI is InChI=1S/C23H27BrN4O/c1-29-22-7-6-21-23(27-22)17(8-11-26-21)9-12-28-13-10-19(25)15-20(28)14-16-2-4-18(24)5-3-16/h2-8,11,19-20H,9-10,12-15,25H2,1H3. The second-order valence-corrected chi connectivity index (χ2v) is 8.66. The van der Waals surface area contributed by atoms with Crippen LogP contribution in [-0.2, 0) is 12.8 Å². The van der Waals surface area contributed by atoms with Crippen LogP contribution in [0.5, 0.6) is 5.88 Å². The number of likely N-dealkylation sites (tertiary alicyclic amines) is 1. The summed E-state index contributed by atoms with van der Waals surface area (Å²) in [6.45, 7) is 2.04. The number of halogens is 1. The van der Waals surface area contributed by atoms with Gasteiger partial charge in [0, 0.05) is 35.4 Å². The van der Waals surface area contributed by atoms with Crippen LogP contribution in [0, 0.1) is 0 Å². The van der Waals surface area contributed by atoms with Crippen molar-refractivity contribution >= 4 is 27.0 Å². The van der Waals surface area contributed by atoms with Gasteiger partial charge < -0.3 is 10.5 Å². The molecule has 1 saturated heterocycles. The van der Waals surface area contributed by atoms with E-state index in [4.69, 9.17) is 10.5 Å². The van der Waals surface area contributed by atoms with Gasteiger partial charge in [-0.25, -0.2) is 4.98 Å². The first-order valence-electron chi connectivity index (χ1n) is 10.1. The van der Waals surface area contributed by atoms with E-state index in [-0.39, 0.29) is 0 Å². The predicted molar refractivity (Wildman–Crippen MR) is 120 cm³/mol. The number of benzene rings is 1. The van der Waals surface area contributed by atoms with Gasteiger partial charge >= 0.3 is 0 Å². The summed E-state index contributed by atoms with van der Waals surface area (Å²) >= 11 is 3.52. The van der Waals surface area contributed by atoms with Crippen LogP contribution in [0.25, 0.3) is 11.0 Å². The number of nitrogens with two attached hydrogens (primary N) is 1. The average Bonchev–Trinajstić information content (AvgIpc) is 2.74. The predicted octanol–water partition coefficient (Wildman–Crippen LogP) is 3.98. The topological polar surface area (TPSA) is 64.3 Å². The Hall–Kier alpha value is -2.02. The zero-order valence-electron chi connectivity index (χ0n) is 16.7. The van der Waals surface area contributed by atoms with Crippen molar-refractivity contribution in [3.63, 3.8) is 0 Å². The Morgan fingerprint density at radius 3 is 2.79 bits per heavy atom. The highest BCUT2D eigenvalue weighted by atomic mass is 79.9. The number of hydrogen-bond donors (Lipinski definition) is 1. The van der Waals surface area contributed by atoms with Gasteiger partial charge in [-0.15, -0.1) is 0 Å². The Bertz CT molecular complexity index is 963. The maximum absolute atomic E-state index is 6.31. The molecule has 2 atom stereocenters. The molecule has 0 aliphatic carbocycles. The van der Waals surface area contributed by atoms with Gasteiger partial charge in [-0.1, -0.05) is 28.1 Å². The smallest absolute Gasteiger partial charge is 0.213 e. The van der Waals surface area contributed by atoms with Gasteiger partial charge in [-0.05, 0) is 67.6 Å². The summed E-state index contributed by atoms with van der Waals surface area (Å²) in [5.41, 5.74) is 10.7. The van der Waals surface area contributed by atoms with Gasteiger partial charge in [0.1, 0.15) is 0 Å². The molecule has 0 amide bonds. The van der Waals surface area contributed by atoms with Gasteiger partial charge in [0.15, 0.2) is 0 Å². The van der Waals surface area contributed by atoms with Crippen molar-refractivity contribution in [1.29, 1.82) is 0 Å². The minimum absolute atomic E-state index is 0.291. The number of ether oxygens (including phenoxy) is 1. The van der Waals surface area contributed by atoms with Crippen LogP contribution < -0.4 is 10.5 Å². The highest BCUT2D eigenvalue weighted by Gasteiger charge is 2.26. The molecule has 3 aromatic rings. The molecule has 0 saturated carbocycles. The average molecular weight is 455 g/mol. The molecule has 3 heterocycles. The second-order valence-electron chi connectivity index (χ2n) is 7.75. The van der Waals surface area contributed by atoms with Gasteiger partial charge in [-0.3, -0.25) is 9.88 Å². The Morgan fingerprint density at radius 2 is 2.00 bits per heavy atom. The molecule has 0 radical (unpaired) electrons. The van der Waals surface area contributed by atoms with E-state index in [9.17, 15) is 0 Å². The van der Waals surface area contributed by atoms with Crippen molar-refractivity contribution < 1.29 is 4.74 Å². The molecule has 0 bridgehead atoms. The van der Waals surface area contributed by atoms with E-state index in [1.165, 1.54) is 11.1 Å². The number of rotatable bonds is 6. The fraction of sp³-hybridized carbons (Fsp3) is 0.391. The number of pyridine rings is 2. The van der Waals surface area contributed by atoms with Crippen LogP contribution in [0.3, 0.4) is 0 Å². The zero-order valence-corrected chi connectivity index (χ0v) is 18.3. The van der Waals surface area contributed by atoms with E-state index >= 15 is 0 Å². The summed E-state index contributed by atoms with van der Waals surface area (Å²) in [5.74, 6) is 0.629. The first kappa shape index (κ1) is 20.3. The van der Waals surface area contributed by atoms with Gasteiger partial charge in [-0.2, -0.15) is 0 Å². The van der Waals surface area contributed by atoms with E-state index in [0.717, 1.165) is 54.3 Å². The number of nitrogens with zero attached hydrogens (tertiary/aromatic N) is 3. The molecule has 2 aromatic heterocycles. The summed E-state index contributed by atoms with van der Waals surface area (Å²) in [6.07, 6.45) is 5.94. The van der Waals surface area contributed by atoms with Crippen molar-refractivity contribution in [3.05, 3.63) is 64.3 Å². The third kappa shape index (κ3) is 4.94. The highest BCUT2D eigenvalue weighted by Crippen LogP contribution is 2.23. The van der Waals surface area contributed by atoms with Crippen molar-refractivity contribution in [2.24, 2.45) is 5.73 Å². The zero-order chi connectivity index (χ0) is 20.2. The molecule has 5 nitrogen and oxygen atoms in total. The molecule has 1 aromatic carbocycles. The Balaban J connectivity index is 1.49. The van der Waals surface area contributed by atoms with E-state index < -0.39 is 0 Å².